The van der Waals surface area contributed by atoms with Crippen molar-refractivity contribution >= 4 is 17.9 Å². The normalized spacial score (nSPS) is 12.1. The molecule has 0 aliphatic heterocycles. The molecule has 61 heavy (non-hydrogen) atoms. The minimum absolute atomic E-state index is 0.0724. The lowest BCUT2D eigenvalue weighted by Crippen LogP contribution is -2.30. The molecule has 0 fully saturated rings. The van der Waals surface area contributed by atoms with E-state index in [9.17, 15) is 14.4 Å². The smallest absolute Gasteiger partial charge is 0.306 e. The summed E-state index contributed by atoms with van der Waals surface area (Å²) >= 11 is 0. The summed E-state index contributed by atoms with van der Waals surface area (Å²) in [6.07, 6.45) is 57.3. The highest BCUT2D eigenvalue weighted by molar-refractivity contribution is 5.71. The van der Waals surface area contributed by atoms with Crippen LogP contribution in [0.2, 0.25) is 0 Å². The molecule has 1 unspecified atom stereocenters. The second kappa shape index (κ2) is 50.5. The maximum absolute atomic E-state index is 12.8. The van der Waals surface area contributed by atoms with Gasteiger partial charge < -0.3 is 14.2 Å². The van der Waals surface area contributed by atoms with Crippen LogP contribution in [-0.2, 0) is 28.6 Å². The minimum atomic E-state index is -0.772. The van der Waals surface area contributed by atoms with Gasteiger partial charge in [-0.1, -0.05) is 225 Å². The monoisotopic (exact) mass is 859 g/mol. The Bertz CT molecular complexity index is 989. The molecular formula is C55H102O6. The summed E-state index contributed by atoms with van der Waals surface area (Å²) < 4.78 is 16.8. The van der Waals surface area contributed by atoms with Crippen LogP contribution < -0.4 is 0 Å². The molecule has 0 radical (unpaired) electrons. The van der Waals surface area contributed by atoms with Crippen LogP contribution in [-0.4, -0.2) is 37.2 Å². The predicted octanol–water partition coefficient (Wildman–Crippen LogP) is 17.5. The molecule has 6 heteroatoms. The van der Waals surface area contributed by atoms with Gasteiger partial charge in [-0.15, -0.1) is 0 Å². The zero-order valence-electron chi connectivity index (χ0n) is 40.9. The largest absolute Gasteiger partial charge is 0.462 e. The molecule has 0 spiro atoms. The summed E-state index contributed by atoms with van der Waals surface area (Å²) in [7, 11) is 0. The molecule has 0 heterocycles. The van der Waals surface area contributed by atoms with Crippen molar-refractivity contribution in [1.82, 2.24) is 0 Å². The zero-order valence-corrected chi connectivity index (χ0v) is 40.9. The van der Waals surface area contributed by atoms with Crippen molar-refractivity contribution in [2.75, 3.05) is 13.2 Å². The Labute approximate surface area is 379 Å². The zero-order chi connectivity index (χ0) is 44.4. The van der Waals surface area contributed by atoms with Crippen LogP contribution in [0.25, 0.3) is 0 Å². The number of hydrogen-bond donors (Lipinski definition) is 0. The highest BCUT2D eigenvalue weighted by Gasteiger charge is 2.19. The van der Waals surface area contributed by atoms with Crippen molar-refractivity contribution < 1.29 is 28.6 Å². The first-order valence-corrected chi connectivity index (χ1v) is 26.8. The van der Waals surface area contributed by atoms with E-state index in [1.807, 2.05) is 0 Å². The molecule has 0 amide bonds. The highest BCUT2D eigenvalue weighted by Crippen LogP contribution is 2.15. The third kappa shape index (κ3) is 48.8. The van der Waals surface area contributed by atoms with Gasteiger partial charge in [-0.25, -0.2) is 0 Å². The number of unbranched alkanes of at least 4 members (excludes halogenated alkanes) is 34. The van der Waals surface area contributed by atoms with E-state index in [0.29, 0.717) is 19.3 Å². The van der Waals surface area contributed by atoms with Crippen LogP contribution in [0.5, 0.6) is 0 Å². The van der Waals surface area contributed by atoms with E-state index in [2.05, 4.69) is 45.1 Å². The molecule has 0 aromatic heterocycles. The number of ether oxygens (including phenoxy) is 3. The Morgan fingerprint density at radius 1 is 0.311 bits per heavy atom. The predicted molar refractivity (Wildman–Crippen MR) is 261 cm³/mol. The Balaban J connectivity index is 4.32. The van der Waals surface area contributed by atoms with Gasteiger partial charge in [0.25, 0.3) is 0 Å². The van der Waals surface area contributed by atoms with Crippen molar-refractivity contribution in [3.05, 3.63) is 24.3 Å². The van der Waals surface area contributed by atoms with Gasteiger partial charge in [-0.3, -0.25) is 14.4 Å². The lowest BCUT2D eigenvalue weighted by molar-refractivity contribution is -0.167. The van der Waals surface area contributed by atoms with Gasteiger partial charge in [0, 0.05) is 19.3 Å². The quantitative estimate of drug-likeness (QED) is 0.0262. The van der Waals surface area contributed by atoms with Crippen molar-refractivity contribution in [3.63, 3.8) is 0 Å². The van der Waals surface area contributed by atoms with Gasteiger partial charge in [-0.2, -0.15) is 0 Å². The van der Waals surface area contributed by atoms with E-state index in [1.165, 1.54) is 186 Å². The summed E-state index contributed by atoms with van der Waals surface area (Å²) in [5, 5.41) is 0. The van der Waals surface area contributed by atoms with Crippen molar-refractivity contribution in [1.29, 1.82) is 0 Å². The van der Waals surface area contributed by atoms with E-state index in [1.54, 1.807) is 0 Å². The second-order valence-corrected chi connectivity index (χ2v) is 18.1. The summed E-state index contributed by atoms with van der Waals surface area (Å²) in [6.45, 7) is 6.64. The fourth-order valence-corrected chi connectivity index (χ4v) is 7.84. The van der Waals surface area contributed by atoms with Gasteiger partial charge >= 0.3 is 17.9 Å². The molecule has 0 saturated carbocycles. The molecule has 1 atom stereocenters. The average Bonchev–Trinajstić information content (AvgIpc) is 3.26. The minimum Gasteiger partial charge on any atom is -0.462 e. The van der Waals surface area contributed by atoms with Crippen molar-refractivity contribution in [2.45, 2.75) is 297 Å². The van der Waals surface area contributed by atoms with Crippen LogP contribution in [0.15, 0.2) is 24.3 Å². The first-order chi connectivity index (χ1) is 30.0. The van der Waals surface area contributed by atoms with E-state index in [-0.39, 0.29) is 31.1 Å². The summed E-state index contributed by atoms with van der Waals surface area (Å²) in [5.41, 5.74) is 0. The average molecular weight is 859 g/mol. The van der Waals surface area contributed by atoms with Gasteiger partial charge in [0.05, 0.1) is 0 Å². The molecule has 0 rings (SSSR count). The SMILES string of the molecule is CCCCCCCC/C=C\CCCCCCCCCC(=O)OCC(COC(=O)CCCCCCCCCCCC)OC(=O)CCCCCCC/C=C\CCCCCCCCC. The number of carbonyl (C=O) groups is 3. The van der Waals surface area contributed by atoms with Crippen LogP contribution in [0.3, 0.4) is 0 Å². The molecule has 6 nitrogen and oxygen atoms in total. The lowest BCUT2D eigenvalue weighted by atomic mass is 10.1. The summed E-state index contributed by atoms with van der Waals surface area (Å²) in [4.78, 5) is 37.9. The third-order valence-corrected chi connectivity index (χ3v) is 11.9. The van der Waals surface area contributed by atoms with Crippen molar-refractivity contribution in [3.8, 4) is 0 Å². The Hall–Kier alpha value is -2.11. The first-order valence-electron chi connectivity index (χ1n) is 26.8. The molecule has 0 N–H and O–H groups in total. The fraction of sp³-hybridized carbons (Fsp3) is 0.873. The number of carbonyl (C=O) groups excluding carboxylic acids is 3. The maximum Gasteiger partial charge on any atom is 0.306 e. The Morgan fingerprint density at radius 2 is 0.541 bits per heavy atom. The van der Waals surface area contributed by atoms with Crippen LogP contribution >= 0.6 is 0 Å². The number of hydrogen-bond acceptors (Lipinski definition) is 6. The Morgan fingerprint density at radius 3 is 0.820 bits per heavy atom. The molecular weight excluding hydrogens is 757 g/mol. The van der Waals surface area contributed by atoms with E-state index in [0.717, 1.165) is 64.2 Å². The van der Waals surface area contributed by atoms with Gasteiger partial charge in [-0.05, 0) is 70.6 Å². The van der Waals surface area contributed by atoms with Crippen LogP contribution in [0.1, 0.15) is 290 Å². The molecule has 0 saturated heterocycles. The summed E-state index contributed by atoms with van der Waals surface area (Å²) in [6, 6.07) is 0. The van der Waals surface area contributed by atoms with Gasteiger partial charge in [0.2, 0.25) is 0 Å². The van der Waals surface area contributed by atoms with E-state index in [4.69, 9.17) is 14.2 Å². The molecule has 0 aromatic rings. The Kier molecular flexibility index (Phi) is 48.8. The molecule has 358 valence electrons. The van der Waals surface area contributed by atoms with Crippen LogP contribution in [0.4, 0.5) is 0 Å². The number of esters is 3. The second-order valence-electron chi connectivity index (χ2n) is 18.1. The van der Waals surface area contributed by atoms with Gasteiger partial charge in [0.1, 0.15) is 13.2 Å². The lowest BCUT2D eigenvalue weighted by Gasteiger charge is -2.18. The topological polar surface area (TPSA) is 78.9 Å². The number of allylic oxidation sites excluding steroid dienone is 4. The number of rotatable bonds is 49. The maximum atomic E-state index is 12.8. The van der Waals surface area contributed by atoms with E-state index < -0.39 is 6.10 Å². The highest BCUT2D eigenvalue weighted by atomic mass is 16.6. The van der Waals surface area contributed by atoms with Crippen molar-refractivity contribution in [2.24, 2.45) is 0 Å². The molecule has 0 aliphatic carbocycles. The molecule has 0 aromatic carbocycles. The van der Waals surface area contributed by atoms with E-state index >= 15 is 0 Å². The molecule has 0 bridgehead atoms. The standard InChI is InChI=1S/C55H102O6/c1-4-7-10-13-16-19-22-24-26-28-30-31-33-36-39-42-45-48-54(57)60-51-52(50-59-53(56)47-44-41-38-35-21-18-15-12-9-6-3)61-55(58)49-46-43-40-37-34-32-29-27-25-23-20-17-14-11-8-5-2/h24,26-27,29,52H,4-23,25,28,30-51H2,1-3H3/b26-24-,29-27-. The first kappa shape index (κ1) is 58.9. The third-order valence-electron chi connectivity index (χ3n) is 11.9. The summed E-state index contributed by atoms with van der Waals surface area (Å²) in [5.74, 6) is -0.873. The van der Waals surface area contributed by atoms with Crippen LogP contribution in [0, 0.1) is 0 Å². The fourth-order valence-electron chi connectivity index (χ4n) is 7.84. The molecule has 0 aliphatic rings. The van der Waals surface area contributed by atoms with Gasteiger partial charge in [0.15, 0.2) is 6.10 Å².